The van der Waals surface area contributed by atoms with E-state index in [1.807, 2.05) is 6.07 Å². The molecular weight excluding hydrogens is 621 g/mol. The van der Waals surface area contributed by atoms with Gasteiger partial charge in [-0.2, -0.15) is 4.98 Å². The summed E-state index contributed by atoms with van der Waals surface area (Å²) in [7, 11) is 2.48. The number of carbonyl (C=O) groups is 4. The van der Waals surface area contributed by atoms with Crippen molar-refractivity contribution in [2.45, 2.75) is 16.6 Å². The van der Waals surface area contributed by atoms with E-state index < -0.39 is 35.2 Å². The normalized spacial score (nSPS) is 18.2. The van der Waals surface area contributed by atoms with Crippen molar-refractivity contribution in [3.63, 3.8) is 0 Å². The third-order valence-corrected chi connectivity index (χ3v) is 8.92. The second-order valence-electron chi connectivity index (χ2n) is 8.66. The quantitative estimate of drug-likeness (QED) is 0.0944. The van der Waals surface area contributed by atoms with Crippen LogP contribution in [0.2, 0.25) is 0 Å². The van der Waals surface area contributed by atoms with Crippen molar-refractivity contribution in [2.75, 3.05) is 25.7 Å². The summed E-state index contributed by atoms with van der Waals surface area (Å²) < 4.78 is 6.16. The topological polar surface area (TPSA) is 204 Å². The monoisotopic (exact) mass is 642 g/mol. The first-order chi connectivity index (χ1) is 20.6. The van der Waals surface area contributed by atoms with Gasteiger partial charge in [-0.3, -0.25) is 14.5 Å². The zero-order valence-electron chi connectivity index (χ0n) is 22.4. The minimum Gasteiger partial charge on any atom is -0.477 e. The zero-order chi connectivity index (χ0) is 30.8. The van der Waals surface area contributed by atoms with Crippen molar-refractivity contribution in [3.05, 3.63) is 70.0 Å². The first-order valence-electron chi connectivity index (χ1n) is 12.2. The molecule has 1 aromatic carbocycles. The van der Waals surface area contributed by atoms with E-state index in [1.165, 1.54) is 24.3 Å². The standard InChI is InChI=1S/C25H22N8O7S3/c1-11-13(9-42-25-29-18(23(38)39-2)33(30-25)12-7-5-4-6-8-12)17(22(36)37)32-20(35)16(21(32)43-11)28-19(34)15(31-40-3)14-10-41-24(26)27-14/h4-8,10,16,21H,1,9H2,2-3H3,(H2,26,27)(H,28,34)(H,36,37)/b31-15-/t16-,21-/m1/s1. The lowest BCUT2D eigenvalue weighted by Gasteiger charge is -2.49. The molecule has 2 amide bonds. The number of oxime groups is 1. The minimum atomic E-state index is -1.35. The molecule has 0 saturated carbocycles. The van der Waals surface area contributed by atoms with Gasteiger partial charge >= 0.3 is 11.9 Å². The van der Waals surface area contributed by atoms with Gasteiger partial charge in [0, 0.05) is 21.6 Å². The van der Waals surface area contributed by atoms with Gasteiger partial charge in [-0.15, -0.1) is 16.4 Å². The lowest BCUT2D eigenvalue weighted by Crippen LogP contribution is -2.70. The van der Waals surface area contributed by atoms with Gasteiger partial charge in [0.15, 0.2) is 10.8 Å². The van der Waals surface area contributed by atoms with Crippen molar-refractivity contribution in [1.29, 1.82) is 0 Å². The van der Waals surface area contributed by atoms with Crippen LogP contribution in [0.15, 0.2) is 68.8 Å². The number of rotatable bonds is 10. The Hall–Kier alpha value is -4.68. The number of β-lactam (4-membered cyclic amide) rings is 1. The number of amides is 2. The number of thiazole rings is 1. The lowest BCUT2D eigenvalue weighted by molar-refractivity contribution is -0.150. The first kappa shape index (κ1) is 29.8. The number of hydrogen-bond donors (Lipinski definition) is 3. The Morgan fingerprint density at radius 1 is 1.23 bits per heavy atom. The molecule has 2 aromatic heterocycles. The predicted molar refractivity (Wildman–Crippen MR) is 157 cm³/mol. The third-order valence-electron chi connectivity index (χ3n) is 6.12. The summed E-state index contributed by atoms with van der Waals surface area (Å²) in [6, 6.07) is 7.76. The van der Waals surface area contributed by atoms with Crippen LogP contribution in [-0.2, 0) is 24.0 Å². The number of aromatic nitrogens is 4. The number of para-hydroxylation sites is 1. The molecule has 1 saturated heterocycles. The van der Waals surface area contributed by atoms with Crippen LogP contribution in [0.1, 0.15) is 16.3 Å². The molecule has 0 aliphatic carbocycles. The van der Waals surface area contributed by atoms with Crippen LogP contribution in [0, 0.1) is 0 Å². The highest BCUT2D eigenvalue weighted by Crippen LogP contribution is 2.46. The first-order valence-corrected chi connectivity index (χ1v) is 14.9. The summed E-state index contributed by atoms with van der Waals surface area (Å²) in [5.74, 6) is -3.47. The van der Waals surface area contributed by atoms with Gasteiger partial charge in [-0.1, -0.05) is 53.5 Å². The SMILES string of the molecule is C=C1S[C@@H]2[C@H](NC(=O)/C(=N\OC)c3csc(N)n3)C(=O)N2C(C(=O)O)=C1CSc1nc(C(=O)OC)n(-c2ccccc2)n1. The number of hydrogen-bond acceptors (Lipinski definition) is 14. The Morgan fingerprint density at radius 3 is 2.60 bits per heavy atom. The number of methoxy groups -OCH3 is 1. The van der Waals surface area contributed by atoms with Gasteiger partial charge in [-0.25, -0.2) is 19.3 Å². The van der Waals surface area contributed by atoms with E-state index in [4.69, 9.17) is 15.3 Å². The van der Waals surface area contributed by atoms with Crippen molar-refractivity contribution in [2.24, 2.45) is 5.16 Å². The number of esters is 1. The zero-order valence-corrected chi connectivity index (χ0v) is 24.9. The molecule has 18 heteroatoms. The van der Waals surface area contributed by atoms with Crippen LogP contribution >= 0.6 is 34.9 Å². The van der Waals surface area contributed by atoms with Crippen LogP contribution in [0.25, 0.3) is 5.69 Å². The number of nitrogens with two attached hydrogens (primary N) is 1. The van der Waals surface area contributed by atoms with Crippen molar-refractivity contribution in [3.8, 4) is 5.69 Å². The summed E-state index contributed by atoms with van der Waals surface area (Å²) in [5.41, 5.74) is 6.20. The van der Waals surface area contributed by atoms with Gasteiger partial charge in [0.2, 0.25) is 11.0 Å². The van der Waals surface area contributed by atoms with E-state index in [9.17, 15) is 24.3 Å². The smallest absolute Gasteiger partial charge is 0.376 e. The Kier molecular flexibility index (Phi) is 8.51. The molecule has 5 rings (SSSR count). The molecule has 1 fully saturated rings. The van der Waals surface area contributed by atoms with Crippen molar-refractivity contribution >= 4 is 69.5 Å². The summed E-state index contributed by atoms with van der Waals surface area (Å²) >= 11 is 3.28. The average molecular weight is 643 g/mol. The number of ether oxygens (including phenoxy) is 1. The second kappa shape index (κ2) is 12.3. The van der Waals surface area contributed by atoms with E-state index in [1.54, 1.807) is 24.3 Å². The number of aliphatic carboxylic acids is 1. The molecule has 222 valence electrons. The Balaban J connectivity index is 1.36. The van der Waals surface area contributed by atoms with E-state index in [-0.39, 0.29) is 44.5 Å². The Bertz CT molecular complexity index is 1700. The molecule has 0 radical (unpaired) electrons. The average Bonchev–Trinajstić information content (AvgIpc) is 3.63. The fourth-order valence-electron chi connectivity index (χ4n) is 4.20. The van der Waals surface area contributed by atoms with E-state index in [0.29, 0.717) is 10.6 Å². The fraction of sp³-hybridized carbons (Fsp3) is 0.200. The Labute approximate surface area is 255 Å². The van der Waals surface area contributed by atoms with Crippen LogP contribution < -0.4 is 11.1 Å². The molecule has 0 bridgehead atoms. The van der Waals surface area contributed by atoms with Gasteiger partial charge in [-0.05, 0) is 12.1 Å². The molecule has 0 unspecified atom stereocenters. The highest BCUT2D eigenvalue weighted by molar-refractivity contribution is 8.04. The Morgan fingerprint density at radius 2 is 1.98 bits per heavy atom. The van der Waals surface area contributed by atoms with Gasteiger partial charge < -0.3 is 25.7 Å². The number of carboxylic acids is 1. The van der Waals surface area contributed by atoms with Gasteiger partial charge in [0.1, 0.15) is 29.9 Å². The van der Waals surface area contributed by atoms with Crippen molar-refractivity contribution < 1.29 is 33.9 Å². The highest BCUT2D eigenvalue weighted by Gasteiger charge is 2.55. The van der Waals surface area contributed by atoms with Crippen LogP contribution in [0.3, 0.4) is 0 Å². The number of nitrogen functional groups attached to an aromatic ring is 1. The van der Waals surface area contributed by atoms with Crippen molar-refractivity contribution in [1.82, 2.24) is 30.0 Å². The maximum absolute atomic E-state index is 13.2. The predicted octanol–water partition coefficient (Wildman–Crippen LogP) is 1.49. The minimum absolute atomic E-state index is 0.0241. The largest absolute Gasteiger partial charge is 0.477 e. The van der Waals surface area contributed by atoms with Crippen LogP contribution in [-0.4, -0.2) is 90.6 Å². The summed E-state index contributed by atoms with van der Waals surface area (Å²) in [6.07, 6.45) is 0. The molecule has 3 aromatic rings. The number of fused-ring (bicyclic) bond motifs is 1. The summed E-state index contributed by atoms with van der Waals surface area (Å²) in [5, 5.41) is 21.9. The number of anilines is 1. The van der Waals surface area contributed by atoms with E-state index >= 15 is 0 Å². The summed E-state index contributed by atoms with van der Waals surface area (Å²) in [4.78, 5) is 65.5. The number of benzene rings is 1. The van der Waals surface area contributed by atoms with Gasteiger partial charge in [0.05, 0.1) is 12.8 Å². The second-order valence-corrected chi connectivity index (χ2v) is 11.7. The maximum atomic E-state index is 13.2. The molecule has 15 nitrogen and oxygen atoms in total. The molecule has 4 N–H and O–H groups in total. The number of nitrogens with zero attached hydrogens (tertiary/aromatic N) is 6. The molecule has 43 heavy (non-hydrogen) atoms. The third kappa shape index (κ3) is 5.71. The fourth-order valence-corrected chi connectivity index (χ4v) is 6.95. The molecule has 0 spiro atoms. The molecule has 2 aliphatic rings. The number of nitrogens with one attached hydrogen (secondary N) is 1. The highest BCUT2D eigenvalue weighted by atomic mass is 32.2. The summed E-state index contributed by atoms with van der Waals surface area (Å²) in [6.45, 7) is 4.02. The number of carboxylic acid groups (broad SMARTS) is 1. The lowest BCUT2D eigenvalue weighted by atomic mass is 10.0. The molecular formula is C25H22N8O7S3. The van der Waals surface area contributed by atoms with E-state index in [0.717, 1.165) is 39.8 Å². The molecule has 2 atom stereocenters. The van der Waals surface area contributed by atoms with E-state index in [2.05, 4.69) is 32.1 Å². The maximum Gasteiger partial charge on any atom is 0.376 e. The van der Waals surface area contributed by atoms with Crippen LogP contribution in [0.4, 0.5) is 5.13 Å². The molecule has 4 heterocycles. The molecule has 2 aliphatic heterocycles. The number of carbonyl (C=O) groups excluding carboxylic acids is 3. The van der Waals surface area contributed by atoms with Crippen LogP contribution in [0.5, 0.6) is 0 Å². The number of thioether (sulfide) groups is 2. The van der Waals surface area contributed by atoms with Gasteiger partial charge in [0.25, 0.3) is 11.8 Å². The number of allylic oxidation sites excluding steroid dienone is 1.